The SMILES string of the molecule is CCC(O)C[n+]1c[nH]c2c(N)ncnc21. The van der Waals surface area contributed by atoms with Crippen molar-refractivity contribution in [3.8, 4) is 0 Å². The van der Waals surface area contributed by atoms with Crippen molar-refractivity contribution in [3.63, 3.8) is 0 Å². The number of imidazole rings is 1. The van der Waals surface area contributed by atoms with Crippen LogP contribution in [0.2, 0.25) is 0 Å². The number of rotatable bonds is 3. The monoisotopic (exact) mass is 208 g/mol. The number of nitrogen functional groups attached to an aromatic ring is 1. The molecule has 2 aromatic heterocycles. The van der Waals surface area contributed by atoms with Gasteiger partial charge in [0.15, 0.2) is 18.5 Å². The third kappa shape index (κ3) is 1.75. The summed E-state index contributed by atoms with van der Waals surface area (Å²) in [5.74, 6) is 0.421. The van der Waals surface area contributed by atoms with E-state index in [1.807, 2.05) is 11.5 Å². The highest BCUT2D eigenvalue weighted by atomic mass is 16.3. The average Bonchev–Trinajstić information content (AvgIpc) is 2.63. The van der Waals surface area contributed by atoms with Crippen molar-refractivity contribution in [2.45, 2.75) is 26.0 Å². The van der Waals surface area contributed by atoms with E-state index in [0.717, 1.165) is 5.65 Å². The van der Waals surface area contributed by atoms with E-state index in [1.54, 1.807) is 6.33 Å². The fourth-order valence-electron chi connectivity index (χ4n) is 1.44. The van der Waals surface area contributed by atoms with Crippen LogP contribution in [0, 0.1) is 0 Å². The molecule has 2 rings (SSSR count). The summed E-state index contributed by atoms with van der Waals surface area (Å²) in [4.78, 5) is 11.0. The number of nitrogens with zero attached hydrogens (tertiary/aromatic N) is 3. The first-order valence-corrected chi connectivity index (χ1v) is 4.87. The van der Waals surface area contributed by atoms with E-state index in [2.05, 4.69) is 15.0 Å². The number of hydrogen-bond acceptors (Lipinski definition) is 4. The van der Waals surface area contributed by atoms with Crippen LogP contribution in [0.15, 0.2) is 12.7 Å². The Bertz CT molecular complexity index is 466. The molecule has 1 atom stereocenters. The first kappa shape index (κ1) is 9.85. The highest BCUT2D eigenvalue weighted by Gasteiger charge is 2.16. The molecule has 2 heterocycles. The van der Waals surface area contributed by atoms with Gasteiger partial charge in [-0.05, 0) is 6.42 Å². The van der Waals surface area contributed by atoms with Crippen LogP contribution in [0.5, 0.6) is 0 Å². The third-order valence-electron chi connectivity index (χ3n) is 2.37. The molecule has 0 aliphatic carbocycles. The van der Waals surface area contributed by atoms with Crippen molar-refractivity contribution >= 4 is 17.0 Å². The molecule has 80 valence electrons. The molecule has 0 saturated heterocycles. The molecule has 0 aliphatic heterocycles. The maximum Gasteiger partial charge on any atom is 0.307 e. The van der Waals surface area contributed by atoms with Crippen LogP contribution in [0.1, 0.15) is 13.3 Å². The van der Waals surface area contributed by atoms with Crippen molar-refractivity contribution in [2.24, 2.45) is 0 Å². The molecule has 0 radical (unpaired) electrons. The molecule has 0 aliphatic rings. The molecule has 0 saturated carbocycles. The number of aliphatic hydroxyl groups excluding tert-OH is 1. The lowest BCUT2D eigenvalue weighted by atomic mass is 10.3. The van der Waals surface area contributed by atoms with E-state index in [-0.39, 0.29) is 6.10 Å². The maximum absolute atomic E-state index is 9.55. The van der Waals surface area contributed by atoms with Crippen LogP contribution < -0.4 is 10.3 Å². The number of aliphatic hydroxyl groups is 1. The maximum atomic E-state index is 9.55. The van der Waals surface area contributed by atoms with E-state index >= 15 is 0 Å². The van der Waals surface area contributed by atoms with Gasteiger partial charge in [0.1, 0.15) is 0 Å². The van der Waals surface area contributed by atoms with Gasteiger partial charge < -0.3 is 10.8 Å². The molecule has 4 N–H and O–H groups in total. The summed E-state index contributed by atoms with van der Waals surface area (Å²) in [6, 6.07) is 0. The number of anilines is 1. The van der Waals surface area contributed by atoms with Gasteiger partial charge in [-0.25, -0.2) is 4.57 Å². The van der Waals surface area contributed by atoms with Gasteiger partial charge in [0.25, 0.3) is 0 Å². The zero-order valence-corrected chi connectivity index (χ0v) is 8.51. The predicted octanol–water partition coefficient (Wildman–Crippen LogP) is -0.401. The fourth-order valence-corrected chi connectivity index (χ4v) is 1.44. The van der Waals surface area contributed by atoms with Gasteiger partial charge in [-0.15, -0.1) is 0 Å². The number of aromatic nitrogens is 4. The second kappa shape index (κ2) is 3.82. The van der Waals surface area contributed by atoms with Gasteiger partial charge in [0, 0.05) is 0 Å². The van der Waals surface area contributed by atoms with Gasteiger partial charge in [-0.2, -0.15) is 4.98 Å². The third-order valence-corrected chi connectivity index (χ3v) is 2.37. The standard InChI is InChI=1S/C9H13N5O/c1-2-6(15)3-14-5-13-7-8(10)11-4-12-9(7)14/h4-6,15H,2-3H2,1H3,(H2,10,11,12)/p+1. The van der Waals surface area contributed by atoms with Crippen LogP contribution >= 0.6 is 0 Å². The number of hydrogen-bond donors (Lipinski definition) is 3. The largest absolute Gasteiger partial charge is 0.390 e. The smallest absolute Gasteiger partial charge is 0.307 e. The van der Waals surface area contributed by atoms with Crippen molar-refractivity contribution in [1.29, 1.82) is 0 Å². The van der Waals surface area contributed by atoms with Crippen LogP contribution in [0.25, 0.3) is 11.2 Å². The average molecular weight is 208 g/mol. The molecule has 6 heteroatoms. The first-order chi connectivity index (χ1) is 7.22. The molecule has 1 unspecified atom stereocenters. The summed E-state index contributed by atoms with van der Waals surface area (Å²) in [6.45, 7) is 2.44. The van der Waals surface area contributed by atoms with E-state index in [0.29, 0.717) is 24.3 Å². The molecule has 6 nitrogen and oxygen atoms in total. The molecular weight excluding hydrogens is 194 g/mol. The number of nitrogens with one attached hydrogen (secondary N) is 1. The Morgan fingerprint density at radius 1 is 1.60 bits per heavy atom. The van der Waals surface area contributed by atoms with Crippen molar-refractivity contribution in [3.05, 3.63) is 12.7 Å². The fraction of sp³-hybridized carbons (Fsp3) is 0.444. The van der Waals surface area contributed by atoms with E-state index < -0.39 is 0 Å². The van der Waals surface area contributed by atoms with E-state index in [1.165, 1.54) is 6.33 Å². The summed E-state index contributed by atoms with van der Waals surface area (Å²) in [7, 11) is 0. The van der Waals surface area contributed by atoms with Gasteiger partial charge in [0.05, 0.1) is 12.6 Å². The second-order valence-corrected chi connectivity index (χ2v) is 3.45. The lowest BCUT2D eigenvalue weighted by molar-refractivity contribution is -0.680. The summed E-state index contributed by atoms with van der Waals surface area (Å²) in [6.07, 6.45) is 3.50. The van der Waals surface area contributed by atoms with Gasteiger partial charge in [0.2, 0.25) is 5.52 Å². The molecule has 15 heavy (non-hydrogen) atoms. The normalized spacial score (nSPS) is 13.2. The Balaban J connectivity index is 2.41. The second-order valence-electron chi connectivity index (χ2n) is 3.45. The Hall–Kier alpha value is -1.69. The van der Waals surface area contributed by atoms with Crippen LogP contribution in [-0.4, -0.2) is 26.2 Å². The van der Waals surface area contributed by atoms with Gasteiger partial charge in [-0.1, -0.05) is 11.9 Å². The summed E-state index contributed by atoms with van der Waals surface area (Å²) in [5.41, 5.74) is 7.10. The van der Waals surface area contributed by atoms with Crippen LogP contribution in [-0.2, 0) is 6.54 Å². The minimum Gasteiger partial charge on any atom is -0.390 e. The number of nitrogens with two attached hydrogens (primary N) is 1. The van der Waals surface area contributed by atoms with Gasteiger partial charge in [-0.3, -0.25) is 4.98 Å². The van der Waals surface area contributed by atoms with E-state index in [4.69, 9.17) is 5.73 Å². The van der Waals surface area contributed by atoms with E-state index in [9.17, 15) is 5.11 Å². The molecular formula is C9H14N5O+. The number of fused-ring (bicyclic) bond motifs is 1. The first-order valence-electron chi connectivity index (χ1n) is 4.87. The minimum atomic E-state index is -0.370. The molecule has 0 bridgehead atoms. The Morgan fingerprint density at radius 2 is 2.40 bits per heavy atom. The number of aromatic amines is 1. The highest BCUT2D eigenvalue weighted by molar-refractivity contribution is 5.77. The Labute approximate surface area is 86.8 Å². The van der Waals surface area contributed by atoms with Crippen molar-refractivity contribution < 1.29 is 9.67 Å². The molecule has 0 aromatic carbocycles. The molecule has 2 aromatic rings. The molecule has 0 fully saturated rings. The summed E-state index contributed by atoms with van der Waals surface area (Å²) >= 11 is 0. The highest BCUT2D eigenvalue weighted by Crippen LogP contribution is 2.09. The summed E-state index contributed by atoms with van der Waals surface area (Å²) in [5, 5.41) is 9.55. The molecule has 0 amide bonds. The topological polar surface area (TPSA) is 91.7 Å². The lowest BCUT2D eigenvalue weighted by Gasteiger charge is -2.04. The zero-order chi connectivity index (χ0) is 10.8. The number of H-pyrrole nitrogens is 1. The van der Waals surface area contributed by atoms with Crippen molar-refractivity contribution in [1.82, 2.24) is 15.0 Å². The summed E-state index contributed by atoms with van der Waals surface area (Å²) < 4.78 is 1.83. The minimum absolute atomic E-state index is 0.370. The lowest BCUT2D eigenvalue weighted by Crippen LogP contribution is -2.38. The van der Waals surface area contributed by atoms with Gasteiger partial charge >= 0.3 is 5.65 Å². The Morgan fingerprint density at radius 3 is 3.13 bits per heavy atom. The van der Waals surface area contributed by atoms with Crippen LogP contribution in [0.3, 0.4) is 0 Å². The van der Waals surface area contributed by atoms with Crippen molar-refractivity contribution in [2.75, 3.05) is 5.73 Å². The van der Waals surface area contributed by atoms with Crippen LogP contribution in [0.4, 0.5) is 5.82 Å². The predicted molar refractivity (Wildman–Crippen MR) is 54.8 cm³/mol. The quantitative estimate of drug-likeness (QED) is 0.598. The Kier molecular flexibility index (Phi) is 2.51. The molecule has 0 spiro atoms. The zero-order valence-electron chi connectivity index (χ0n) is 8.51.